The van der Waals surface area contributed by atoms with Crippen LogP contribution >= 0.6 is 0 Å². The lowest BCUT2D eigenvalue weighted by molar-refractivity contribution is -0.205. The predicted molar refractivity (Wildman–Crippen MR) is 128 cm³/mol. The van der Waals surface area contributed by atoms with Crippen molar-refractivity contribution in [1.82, 2.24) is 25.5 Å². The quantitative estimate of drug-likeness (QED) is 0.265. The highest BCUT2D eigenvalue weighted by atomic mass is 19.2. The molecule has 1 aliphatic heterocycles. The van der Waals surface area contributed by atoms with Crippen molar-refractivity contribution in [2.75, 3.05) is 6.61 Å². The summed E-state index contributed by atoms with van der Waals surface area (Å²) in [5, 5.41) is 55.0. The molecule has 5 N–H and O–H groups in total. The van der Waals surface area contributed by atoms with Crippen molar-refractivity contribution in [3.63, 3.8) is 0 Å². The van der Waals surface area contributed by atoms with Gasteiger partial charge in [-0.2, -0.15) is 0 Å². The number of carboxylic acid groups (broad SMARTS) is 1. The Morgan fingerprint density at radius 1 is 1.05 bits per heavy atom. The van der Waals surface area contributed by atoms with E-state index in [4.69, 9.17) is 14.4 Å². The summed E-state index contributed by atoms with van der Waals surface area (Å²) >= 11 is 0. The molecule has 2 aromatic heterocycles. The molecule has 2 aliphatic rings. The Kier molecular flexibility index (Phi) is 8.07. The average molecular weight is 568 g/mol. The highest BCUT2D eigenvalue weighted by molar-refractivity contribution is 5.64. The Bertz CT molecular complexity index is 1320. The first kappa shape index (κ1) is 28.0. The van der Waals surface area contributed by atoms with Crippen LogP contribution in [0.4, 0.5) is 18.0 Å². The van der Waals surface area contributed by atoms with Gasteiger partial charge >= 0.3 is 6.09 Å². The Labute approximate surface area is 225 Å². The van der Waals surface area contributed by atoms with Crippen molar-refractivity contribution in [1.29, 1.82) is 0 Å². The van der Waals surface area contributed by atoms with E-state index in [9.17, 15) is 33.3 Å². The lowest BCUT2D eigenvalue weighted by Crippen LogP contribution is -2.56. The van der Waals surface area contributed by atoms with Crippen LogP contribution in [0.15, 0.2) is 28.9 Å². The zero-order valence-electron chi connectivity index (χ0n) is 21.0. The van der Waals surface area contributed by atoms with Crippen LogP contribution in [0.5, 0.6) is 0 Å². The highest BCUT2D eigenvalue weighted by Crippen LogP contribution is 2.35. The number of hydrogen-bond acceptors (Lipinski definition) is 9. The van der Waals surface area contributed by atoms with Gasteiger partial charge in [-0.05, 0) is 37.8 Å². The lowest BCUT2D eigenvalue weighted by atomic mass is 9.84. The first-order chi connectivity index (χ1) is 19.1. The van der Waals surface area contributed by atoms with E-state index in [1.54, 1.807) is 6.07 Å². The molecule has 0 unspecified atom stereocenters. The molecule has 5 rings (SSSR count). The topological polar surface area (TPSA) is 176 Å². The largest absolute Gasteiger partial charge is 0.465 e. The summed E-state index contributed by atoms with van der Waals surface area (Å²) in [6, 6.07) is 1.97. The van der Waals surface area contributed by atoms with Gasteiger partial charge in [0.05, 0.1) is 24.6 Å². The molecular weight excluding hydrogens is 539 g/mol. The summed E-state index contributed by atoms with van der Waals surface area (Å²) in [7, 11) is 0. The van der Waals surface area contributed by atoms with Gasteiger partial charge in [-0.3, -0.25) is 0 Å². The first-order valence-corrected chi connectivity index (χ1v) is 12.8. The van der Waals surface area contributed by atoms with E-state index in [1.807, 2.05) is 0 Å². The zero-order chi connectivity index (χ0) is 28.6. The molecule has 1 aliphatic carbocycles. The van der Waals surface area contributed by atoms with Gasteiger partial charge in [-0.15, -0.1) is 5.10 Å². The van der Waals surface area contributed by atoms with E-state index in [-0.39, 0.29) is 29.6 Å². The number of benzene rings is 1. The number of nitrogens with zero attached hydrogens (tertiary/aromatic N) is 4. The lowest BCUT2D eigenvalue weighted by Gasteiger charge is -2.42. The SMILES string of the molecule is O=C(O)NC1CCC(c2cc(C[C@H]3O[C@H](CO)[C@H](O)[C@H](n4cc(-c5cc(F)c(F)c(F)c5)nn4)[C@H]3O)no2)CC1. The summed E-state index contributed by atoms with van der Waals surface area (Å²) in [5.41, 5.74) is 0.334. The second-order valence-electron chi connectivity index (χ2n) is 10.1. The van der Waals surface area contributed by atoms with Gasteiger partial charge in [0.15, 0.2) is 17.5 Å². The van der Waals surface area contributed by atoms with Gasteiger partial charge in [0.1, 0.15) is 35.8 Å². The molecule has 12 nitrogen and oxygen atoms in total. The first-order valence-electron chi connectivity index (χ1n) is 12.8. The molecular formula is C25H28F3N5O7. The van der Waals surface area contributed by atoms with Gasteiger partial charge in [0, 0.05) is 30.0 Å². The molecule has 1 aromatic carbocycles. The predicted octanol–water partition coefficient (Wildman–Crippen LogP) is 1.91. The van der Waals surface area contributed by atoms with E-state index < -0.39 is 60.6 Å². The minimum absolute atomic E-state index is 0.0322. The molecule has 0 bridgehead atoms. The van der Waals surface area contributed by atoms with Crippen LogP contribution in [-0.4, -0.2) is 83.7 Å². The van der Waals surface area contributed by atoms with Crippen LogP contribution in [-0.2, 0) is 11.2 Å². The third kappa shape index (κ3) is 5.68. The summed E-state index contributed by atoms with van der Waals surface area (Å²) in [4.78, 5) is 10.9. The number of rotatable bonds is 7. The molecule has 3 aromatic rings. The zero-order valence-corrected chi connectivity index (χ0v) is 21.0. The molecule has 2 fully saturated rings. The van der Waals surface area contributed by atoms with E-state index in [0.717, 1.165) is 16.8 Å². The van der Waals surface area contributed by atoms with Gasteiger partial charge in [-0.1, -0.05) is 10.4 Å². The molecule has 1 saturated carbocycles. The van der Waals surface area contributed by atoms with Gasteiger partial charge in [-0.25, -0.2) is 22.6 Å². The molecule has 1 saturated heterocycles. The number of amides is 1. The highest BCUT2D eigenvalue weighted by Gasteiger charge is 2.46. The third-order valence-corrected chi connectivity index (χ3v) is 7.53. The van der Waals surface area contributed by atoms with Crippen LogP contribution < -0.4 is 5.32 Å². The van der Waals surface area contributed by atoms with Gasteiger partial charge < -0.3 is 35.0 Å². The van der Waals surface area contributed by atoms with Gasteiger partial charge in [0.2, 0.25) is 0 Å². The minimum atomic E-state index is -1.63. The maximum atomic E-state index is 13.7. The van der Waals surface area contributed by atoms with E-state index in [0.29, 0.717) is 37.1 Å². The van der Waals surface area contributed by atoms with Crippen molar-refractivity contribution >= 4 is 6.09 Å². The average Bonchev–Trinajstić information content (AvgIpc) is 3.59. The fraction of sp³-hybridized carbons (Fsp3) is 0.520. The van der Waals surface area contributed by atoms with Crippen molar-refractivity contribution < 1.29 is 47.7 Å². The molecule has 3 heterocycles. The summed E-state index contributed by atoms with van der Waals surface area (Å²) < 4.78 is 53.2. The molecule has 1 amide bonds. The van der Waals surface area contributed by atoms with Crippen LogP contribution in [0.1, 0.15) is 49.1 Å². The van der Waals surface area contributed by atoms with Crippen LogP contribution in [0.3, 0.4) is 0 Å². The normalized spacial score (nSPS) is 28.9. The van der Waals surface area contributed by atoms with Crippen molar-refractivity contribution in [2.45, 2.75) is 74.5 Å². The molecule has 5 atom stereocenters. The maximum Gasteiger partial charge on any atom is 0.404 e. The van der Waals surface area contributed by atoms with E-state index >= 15 is 0 Å². The molecule has 0 spiro atoms. The fourth-order valence-corrected chi connectivity index (χ4v) is 5.44. The maximum absolute atomic E-state index is 13.7. The Balaban J connectivity index is 1.30. The van der Waals surface area contributed by atoms with Gasteiger partial charge in [0.25, 0.3) is 0 Å². The van der Waals surface area contributed by atoms with E-state index in [1.165, 1.54) is 6.20 Å². The Hall–Kier alpha value is -3.53. The number of aliphatic hydroxyl groups is 3. The fourth-order valence-electron chi connectivity index (χ4n) is 5.44. The standard InChI is InChI=1S/C25H28F3N5O7/c26-15-5-12(6-16(27)21(15)28)17-9-33(32-30-17)22-23(35)19(39-20(10-34)24(22)36)8-14-7-18(40-31-14)11-1-3-13(4-2-11)29-25(37)38/h5-7,9,11,13,19-20,22-24,29,34-36H,1-4,8,10H2,(H,37,38)/t11?,13?,19-,20-,22-,23+,24+/m1/s1. The Morgan fingerprint density at radius 3 is 2.38 bits per heavy atom. The Morgan fingerprint density at radius 2 is 1.73 bits per heavy atom. The monoisotopic (exact) mass is 567 g/mol. The number of hydrogen-bond donors (Lipinski definition) is 5. The van der Waals surface area contributed by atoms with Crippen molar-refractivity contribution in [2.24, 2.45) is 0 Å². The second-order valence-corrected chi connectivity index (χ2v) is 10.1. The molecule has 216 valence electrons. The number of nitrogens with one attached hydrogen (secondary N) is 1. The number of aliphatic hydroxyl groups excluding tert-OH is 3. The van der Waals surface area contributed by atoms with Crippen LogP contribution in [0, 0.1) is 17.5 Å². The molecule has 40 heavy (non-hydrogen) atoms. The summed E-state index contributed by atoms with van der Waals surface area (Å²) in [6.07, 6.45) is -1.86. The second kappa shape index (κ2) is 11.5. The number of ether oxygens (including phenoxy) is 1. The van der Waals surface area contributed by atoms with E-state index in [2.05, 4.69) is 20.8 Å². The third-order valence-electron chi connectivity index (χ3n) is 7.53. The minimum Gasteiger partial charge on any atom is -0.465 e. The summed E-state index contributed by atoms with van der Waals surface area (Å²) in [5.74, 6) is -3.76. The van der Waals surface area contributed by atoms with Crippen molar-refractivity contribution in [3.8, 4) is 11.3 Å². The number of carbonyl (C=O) groups is 1. The smallest absolute Gasteiger partial charge is 0.404 e. The molecule has 15 heteroatoms. The molecule has 0 radical (unpaired) electrons. The van der Waals surface area contributed by atoms with Crippen molar-refractivity contribution in [3.05, 3.63) is 53.3 Å². The van der Waals surface area contributed by atoms with Crippen LogP contribution in [0.2, 0.25) is 0 Å². The number of aromatic nitrogens is 4. The summed E-state index contributed by atoms with van der Waals surface area (Å²) in [6.45, 7) is -0.575. The van der Waals surface area contributed by atoms with Crippen LogP contribution in [0.25, 0.3) is 11.3 Å². The number of halogens is 3.